The van der Waals surface area contributed by atoms with Crippen LogP contribution in [0.3, 0.4) is 0 Å². The van der Waals surface area contributed by atoms with Crippen molar-refractivity contribution in [1.29, 1.82) is 0 Å². The Balaban J connectivity index is 1.88. The van der Waals surface area contributed by atoms with Crippen molar-refractivity contribution in [3.63, 3.8) is 0 Å². The number of amides is 1. The van der Waals surface area contributed by atoms with E-state index in [9.17, 15) is 35.1 Å². The number of ether oxygens (including phenoxy) is 3. The van der Waals surface area contributed by atoms with Crippen molar-refractivity contribution in [2.24, 2.45) is 0 Å². The summed E-state index contributed by atoms with van der Waals surface area (Å²) in [6.07, 6.45) is 85.1. The van der Waals surface area contributed by atoms with E-state index in [0.29, 0.717) is 19.4 Å². The van der Waals surface area contributed by atoms with Crippen LogP contribution in [0.1, 0.15) is 438 Å². The van der Waals surface area contributed by atoms with E-state index in [1.165, 1.54) is 353 Å². The van der Waals surface area contributed by atoms with Gasteiger partial charge in [0.05, 0.1) is 32.0 Å². The highest BCUT2D eigenvalue weighted by Gasteiger charge is 2.44. The van der Waals surface area contributed by atoms with Crippen LogP contribution in [-0.4, -0.2) is 100 Å². The zero-order valence-corrected chi connectivity index (χ0v) is 62.9. The molecule has 1 fully saturated rings. The third-order valence-corrected chi connectivity index (χ3v) is 20.3. The molecule has 0 spiro atoms. The molecule has 6 N–H and O–H groups in total. The average Bonchev–Trinajstić information content (AvgIpc) is 0.849. The van der Waals surface area contributed by atoms with Crippen LogP contribution in [0.5, 0.6) is 0 Å². The van der Waals surface area contributed by atoms with Crippen LogP contribution in [0.2, 0.25) is 0 Å². The summed E-state index contributed by atoms with van der Waals surface area (Å²) in [5.74, 6) is -0.162. The Hall–Kier alpha value is -1.86. The number of rotatable bonds is 76. The smallest absolute Gasteiger partial charge is 0.305 e. The minimum atomic E-state index is -1.57. The molecule has 1 aliphatic heterocycles. The summed E-state index contributed by atoms with van der Waals surface area (Å²) in [6.45, 7) is 4.40. The fraction of sp³-hybridized carbons (Fsp3) is 0.929. The maximum Gasteiger partial charge on any atom is 0.305 e. The monoisotopic (exact) mass is 1340 g/mol. The number of carbonyl (C=O) groups excluding carboxylic acids is 2. The largest absolute Gasteiger partial charge is 0.466 e. The fourth-order valence-electron chi connectivity index (χ4n) is 13.7. The van der Waals surface area contributed by atoms with Crippen molar-refractivity contribution in [3.05, 3.63) is 24.3 Å². The fourth-order valence-corrected chi connectivity index (χ4v) is 13.7. The van der Waals surface area contributed by atoms with Crippen LogP contribution in [0, 0.1) is 0 Å². The first kappa shape index (κ1) is 91.2. The third-order valence-electron chi connectivity index (χ3n) is 20.3. The molecule has 1 saturated heterocycles. The second kappa shape index (κ2) is 73.4. The molecule has 0 aromatic heterocycles. The number of unbranched alkanes of at least 4 members (excludes halogenated alkanes) is 60. The number of hydrogen-bond acceptors (Lipinski definition) is 10. The molecule has 0 saturated carbocycles. The average molecular weight is 1350 g/mol. The van der Waals surface area contributed by atoms with Crippen molar-refractivity contribution in [1.82, 2.24) is 5.32 Å². The highest BCUT2D eigenvalue weighted by Crippen LogP contribution is 2.24. The summed E-state index contributed by atoms with van der Waals surface area (Å²) >= 11 is 0. The Bertz CT molecular complexity index is 1630. The summed E-state index contributed by atoms with van der Waals surface area (Å²) in [5, 5.41) is 54.7. The SMILES string of the molecule is CCCCCC/C=C\CCCCCCCC(=O)OCCCCCCCCCCCCCCCCCCCCCCCCCCCCCCCCCCCCCCCCCC(=O)NC(COC1OC(CO)C(O)C(O)C1O)C(O)/C=C/CCCCCCCCCCCCCCC. The van der Waals surface area contributed by atoms with E-state index in [1.807, 2.05) is 6.08 Å². The van der Waals surface area contributed by atoms with Crippen LogP contribution in [0.15, 0.2) is 24.3 Å². The molecule has 95 heavy (non-hydrogen) atoms. The molecular formula is C84H161NO10. The van der Waals surface area contributed by atoms with Gasteiger partial charge in [0.15, 0.2) is 6.29 Å². The van der Waals surface area contributed by atoms with Gasteiger partial charge in [0.2, 0.25) is 5.91 Å². The van der Waals surface area contributed by atoms with Gasteiger partial charge in [0.25, 0.3) is 0 Å². The number of aliphatic hydroxyl groups excluding tert-OH is 5. The van der Waals surface area contributed by atoms with E-state index >= 15 is 0 Å². The number of hydrogen-bond donors (Lipinski definition) is 6. The molecule has 1 amide bonds. The molecule has 1 rings (SSSR count). The van der Waals surface area contributed by atoms with Gasteiger partial charge in [-0.15, -0.1) is 0 Å². The molecule has 7 atom stereocenters. The minimum Gasteiger partial charge on any atom is -0.466 e. The van der Waals surface area contributed by atoms with Crippen molar-refractivity contribution >= 4 is 11.9 Å². The maximum absolute atomic E-state index is 13.1. The molecule has 0 bridgehead atoms. The lowest BCUT2D eigenvalue weighted by Crippen LogP contribution is -2.60. The highest BCUT2D eigenvalue weighted by molar-refractivity contribution is 5.76. The maximum atomic E-state index is 13.1. The van der Waals surface area contributed by atoms with E-state index in [4.69, 9.17) is 14.2 Å². The van der Waals surface area contributed by atoms with E-state index < -0.39 is 49.5 Å². The Morgan fingerprint density at radius 1 is 0.379 bits per heavy atom. The van der Waals surface area contributed by atoms with Gasteiger partial charge in [0.1, 0.15) is 24.4 Å². The molecule has 562 valence electrons. The lowest BCUT2D eigenvalue weighted by molar-refractivity contribution is -0.302. The lowest BCUT2D eigenvalue weighted by Gasteiger charge is -2.40. The van der Waals surface area contributed by atoms with Crippen molar-refractivity contribution in [2.75, 3.05) is 19.8 Å². The first-order valence-corrected chi connectivity index (χ1v) is 42.1. The zero-order chi connectivity index (χ0) is 68.6. The van der Waals surface area contributed by atoms with Crippen LogP contribution in [-0.2, 0) is 23.8 Å². The highest BCUT2D eigenvalue weighted by atomic mass is 16.7. The van der Waals surface area contributed by atoms with Gasteiger partial charge in [-0.3, -0.25) is 9.59 Å². The van der Waals surface area contributed by atoms with Gasteiger partial charge in [0, 0.05) is 12.8 Å². The quantitative estimate of drug-likeness (QED) is 0.0195. The molecule has 0 aromatic carbocycles. The first-order valence-electron chi connectivity index (χ1n) is 42.1. The molecule has 1 aliphatic rings. The summed E-state index contributed by atoms with van der Waals surface area (Å²) in [6, 6.07) is -0.805. The molecule has 11 nitrogen and oxygen atoms in total. The molecule has 0 radical (unpaired) electrons. The number of carbonyl (C=O) groups is 2. The van der Waals surface area contributed by atoms with E-state index in [0.717, 1.165) is 57.8 Å². The minimum absolute atomic E-state index is 0.00992. The van der Waals surface area contributed by atoms with Gasteiger partial charge < -0.3 is 45.1 Å². The van der Waals surface area contributed by atoms with E-state index in [2.05, 4.69) is 31.3 Å². The predicted molar refractivity (Wildman–Crippen MR) is 403 cm³/mol. The number of aliphatic hydroxyl groups is 5. The number of esters is 1. The summed E-state index contributed by atoms with van der Waals surface area (Å²) < 4.78 is 16.8. The van der Waals surface area contributed by atoms with Crippen molar-refractivity contribution < 1.29 is 49.3 Å². The zero-order valence-electron chi connectivity index (χ0n) is 62.9. The molecule has 1 heterocycles. The van der Waals surface area contributed by atoms with Crippen LogP contribution >= 0.6 is 0 Å². The third kappa shape index (κ3) is 61.7. The number of allylic oxidation sites excluding steroid dienone is 3. The van der Waals surface area contributed by atoms with Crippen LogP contribution < -0.4 is 5.32 Å². The van der Waals surface area contributed by atoms with E-state index in [-0.39, 0.29) is 18.5 Å². The van der Waals surface area contributed by atoms with Crippen molar-refractivity contribution in [3.8, 4) is 0 Å². The topological polar surface area (TPSA) is 175 Å². The number of nitrogens with one attached hydrogen (secondary N) is 1. The molecular weight excluding hydrogens is 1180 g/mol. The molecule has 0 aliphatic carbocycles. The Kier molecular flexibility index (Phi) is 70.4. The van der Waals surface area contributed by atoms with Crippen LogP contribution in [0.25, 0.3) is 0 Å². The summed E-state index contributed by atoms with van der Waals surface area (Å²) in [5.41, 5.74) is 0. The predicted octanol–water partition coefficient (Wildman–Crippen LogP) is 23.1. The summed E-state index contributed by atoms with van der Waals surface area (Å²) in [7, 11) is 0. The molecule has 7 unspecified atom stereocenters. The second-order valence-corrected chi connectivity index (χ2v) is 29.5. The van der Waals surface area contributed by atoms with Crippen LogP contribution in [0.4, 0.5) is 0 Å². The van der Waals surface area contributed by atoms with E-state index in [1.54, 1.807) is 6.08 Å². The molecule has 0 aromatic rings. The lowest BCUT2D eigenvalue weighted by atomic mass is 9.99. The van der Waals surface area contributed by atoms with Gasteiger partial charge in [-0.05, 0) is 57.8 Å². The van der Waals surface area contributed by atoms with Gasteiger partial charge in [-0.25, -0.2) is 0 Å². The van der Waals surface area contributed by atoms with Gasteiger partial charge >= 0.3 is 5.97 Å². The summed E-state index contributed by atoms with van der Waals surface area (Å²) in [4.78, 5) is 25.2. The second-order valence-electron chi connectivity index (χ2n) is 29.5. The standard InChI is InChI=1S/C84H161NO10/c1-3-5-7-9-11-13-15-17-43-47-50-54-58-62-66-70-77(87)76(75-94-84-83(92)82(91)81(90)78(74-86)95-84)85-79(88)71-67-63-59-55-51-48-44-41-39-37-35-33-31-29-27-25-23-21-19-18-20-22-24-26-28-30-32-34-36-38-40-42-45-49-53-57-61-65-69-73-93-80(89)72-68-64-60-56-52-46-16-14-12-10-8-6-4-2/h14,16,66,70,76-78,81-84,86-87,90-92H,3-13,15,17-65,67-69,71-75H2,1-2H3,(H,85,88)/b16-14-,70-66+. The Labute approximate surface area is 588 Å². The van der Waals surface area contributed by atoms with Gasteiger partial charge in [-0.1, -0.05) is 391 Å². The Morgan fingerprint density at radius 3 is 1.02 bits per heavy atom. The normalized spacial score (nSPS) is 17.4. The van der Waals surface area contributed by atoms with Crippen molar-refractivity contribution in [2.45, 2.75) is 480 Å². The first-order chi connectivity index (χ1) is 46.7. The van der Waals surface area contributed by atoms with Gasteiger partial charge in [-0.2, -0.15) is 0 Å². The Morgan fingerprint density at radius 2 is 0.674 bits per heavy atom. The molecule has 11 heteroatoms.